The molecule has 0 fully saturated rings. The van der Waals surface area contributed by atoms with E-state index in [1.807, 2.05) is 6.07 Å². The highest BCUT2D eigenvalue weighted by molar-refractivity contribution is 8.00. The lowest BCUT2D eigenvalue weighted by molar-refractivity contribution is -0.115. The van der Waals surface area contributed by atoms with E-state index >= 15 is 0 Å². The number of fused-ring (bicyclic) bond motifs is 1. The monoisotopic (exact) mass is 683 g/mol. The molecule has 1 aliphatic carbocycles. The summed E-state index contributed by atoms with van der Waals surface area (Å²) < 4.78 is 10.4. The molecule has 9 nitrogen and oxygen atoms in total. The van der Waals surface area contributed by atoms with E-state index in [0.29, 0.717) is 39.0 Å². The molecule has 0 saturated carbocycles. The Kier molecular flexibility index (Phi) is 11.4. The Morgan fingerprint density at radius 2 is 1.73 bits per heavy atom. The number of nitrogens with one attached hydrogen (secondary N) is 3. The van der Waals surface area contributed by atoms with Gasteiger partial charge in [-0.2, -0.15) is 0 Å². The normalized spacial score (nSPS) is 14.7. The zero-order valence-corrected chi connectivity index (χ0v) is 28.8. The van der Waals surface area contributed by atoms with Gasteiger partial charge < -0.3 is 25.4 Å². The molecule has 3 N–H and O–H groups in total. The van der Waals surface area contributed by atoms with Crippen LogP contribution in [0.3, 0.4) is 0 Å². The lowest BCUT2D eigenvalue weighted by atomic mass is 9.88. The first-order valence-electron chi connectivity index (χ1n) is 15.5. The minimum absolute atomic E-state index is 0.0392. The molecule has 1 heterocycles. The maximum absolute atomic E-state index is 13.6. The summed E-state index contributed by atoms with van der Waals surface area (Å²) >= 11 is 2.76. The van der Waals surface area contributed by atoms with Crippen LogP contribution < -0.4 is 20.7 Å². The molecule has 48 heavy (non-hydrogen) atoms. The van der Waals surface area contributed by atoms with Gasteiger partial charge in [-0.3, -0.25) is 14.4 Å². The van der Waals surface area contributed by atoms with Crippen LogP contribution in [0.2, 0.25) is 0 Å². The van der Waals surface area contributed by atoms with Crippen molar-refractivity contribution in [3.05, 3.63) is 112 Å². The molecule has 0 spiro atoms. The van der Waals surface area contributed by atoms with Crippen LogP contribution in [0.4, 0.5) is 10.7 Å². The second-order valence-corrected chi connectivity index (χ2v) is 14.0. The number of anilines is 2. The van der Waals surface area contributed by atoms with Crippen molar-refractivity contribution in [2.24, 2.45) is 5.92 Å². The van der Waals surface area contributed by atoms with Crippen molar-refractivity contribution in [2.45, 2.75) is 43.3 Å². The molecule has 0 aliphatic heterocycles. The van der Waals surface area contributed by atoms with Crippen LogP contribution in [0.5, 0.6) is 5.75 Å². The van der Waals surface area contributed by atoms with Gasteiger partial charge in [0.25, 0.3) is 11.8 Å². The van der Waals surface area contributed by atoms with E-state index in [9.17, 15) is 19.2 Å². The standard InChI is InChI=1S/C37H37N3O6S2/c1-22-16-17-29-31(18-22)48-36(32(29)37(44)46-4)40-33(41)23(2)47-28-15-9-13-26(21-28)38-35(43)30(20-24-10-8-14-27(19-24)45-3)39-34(42)25-11-6-5-7-12-25/h5-15,19-23H,16-18H2,1-4H3,(H,38,43)(H,39,42)(H,40,41)/b30-20-. The highest BCUT2D eigenvalue weighted by Gasteiger charge is 2.30. The first kappa shape index (κ1) is 34.5. The number of thiophene rings is 1. The average Bonchev–Trinajstić information content (AvgIpc) is 3.44. The fourth-order valence-corrected chi connectivity index (χ4v) is 7.64. The van der Waals surface area contributed by atoms with Gasteiger partial charge >= 0.3 is 5.97 Å². The largest absolute Gasteiger partial charge is 0.497 e. The quantitative estimate of drug-likeness (QED) is 0.0869. The van der Waals surface area contributed by atoms with Gasteiger partial charge in [-0.25, -0.2) is 4.79 Å². The molecule has 3 amide bonds. The van der Waals surface area contributed by atoms with Crippen LogP contribution in [0.1, 0.15) is 57.0 Å². The summed E-state index contributed by atoms with van der Waals surface area (Å²) in [6.45, 7) is 3.97. The van der Waals surface area contributed by atoms with Crippen molar-refractivity contribution in [1.29, 1.82) is 0 Å². The van der Waals surface area contributed by atoms with Crippen LogP contribution in [0.25, 0.3) is 6.08 Å². The average molecular weight is 684 g/mol. The highest BCUT2D eigenvalue weighted by atomic mass is 32.2. The Morgan fingerprint density at radius 1 is 0.958 bits per heavy atom. The summed E-state index contributed by atoms with van der Waals surface area (Å²) in [7, 11) is 2.90. The van der Waals surface area contributed by atoms with Crippen molar-refractivity contribution >= 4 is 63.6 Å². The Balaban J connectivity index is 1.30. The van der Waals surface area contributed by atoms with Crippen molar-refractivity contribution < 1.29 is 28.7 Å². The topological polar surface area (TPSA) is 123 Å². The zero-order valence-electron chi connectivity index (χ0n) is 27.1. The van der Waals surface area contributed by atoms with Crippen molar-refractivity contribution in [1.82, 2.24) is 5.32 Å². The number of hydrogen-bond donors (Lipinski definition) is 3. The Bertz CT molecular complexity index is 1850. The molecule has 3 aromatic carbocycles. The fourth-order valence-electron chi connectivity index (χ4n) is 5.31. The maximum Gasteiger partial charge on any atom is 0.341 e. The first-order valence-corrected chi connectivity index (χ1v) is 17.2. The fraction of sp³-hybridized carbons (Fsp3) is 0.243. The number of ether oxygens (including phenoxy) is 2. The van der Waals surface area contributed by atoms with Crippen LogP contribution >= 0.6 is 23.1 Å². The van der Waals surface area contributed by atoms with E-state index in [-0.39, 0.29) is 11.6 Å². The summed E-state index contributed by atoms with van der Waals surface area (Å²) in [5, 5.41) is 8.59. The van der Waals surface area contributed by atoms with Gasteiger partial charge in [-0.15, -0.1) is 23.1 Å². The third-order valence-electron chi connectivity index (χ3n) is 7.85. The summed E-state index contributed by atoms with van der Waals surface area (Å²) in [5.41, 5.74) is 3.02. The number of benzene rings is 3. The number of amides is 3. The lowest BCUT2D eigenvalue weighted by Crippen LogP contribution is -2.30. The molecular formula is C37H37N3O6S2. The minimum Gasteiger partial charge on any atom is -0.497 e. The van der Waals surface area contributed by atoms with Gasteiger partial charge in [0, 0.05) is 21.0 Å². The molecule has 1 aliphatic rings. The molecule has 0 saturated heterocycles. The summed E-state index contributed by atoms with van der Waals surface area (Å²) in [6.07, 6.45) is 4.21. The van der Waals surface area contributed by atoms with Crippen molar-refractivity contribution in [2.75, 3.05) is 24.9 Å². The highest BCUT2D eigenvalue weighted by Crippen LogP contribution is 2.40. The number of carbonyl (C=O) groups excluding carboxylic acids is 4. The molecule has 2 atom stereocenters. The zero-order chi connectivity index (χ0) is 34.2. The Morgan fingerprint density at radius 3 is 2.48 bits per heavy atom. The predicted molar refractivity (Wildman–Crippen MR) is 191 cm³/mol. The van der Waals surface area contributed by atoms with E-state index < -0.39 is 23.0 Å². The van der Waals surface area contributed by atoms with Crippen LogP contribution in [-0.2, 0) is 27.2 Å². The number of carbonyl (C=O) groups is 4. The van der Waals surface area contributed by atoms with E-state index in [4.69, 9.17) is 9.47 Å². The molecule has 0 bridgehead atoms. The summed E-state index contributed by atoms with van der Waals surface area (Å²) in [6, 6.07) is 22.9. The summed E-state index contributed by atoms with van der Waals surface area (Å²) in [5.74, 6) is -0.530. The van der Waals surface area contributed by atoms with E-state index in [0.717, 1.165) is 34.6 Å². The van der Waals surface area contributed by atoms with Gasteiger partial charge in [-0.05, 0) is 91.8 Å². The smallest absolute Gasteiger partial charge is 0.341 e. The molecular weight excluding hydrogens is 647 g/mol. The first-order chi connectivity index (χ1) is 23.1. The number of hydrogen-bond acceptors (Lipinski definition) is 8. The van der Waals surface area contributed by atoms with Crippen LogP contribution in [0.15, 0.2) is 89.5 Å². The minimum atomic E-state index is -0.527. The molecule has 2 unspecified atom stereocenters. The maximum atomic E-state index is 13.6. The third-order valence-corrected chi connectivity index (χ3v) is 10.1. The van der Waals surface area contributed by atoms with Gasteiger partial charge in [-0.1, -0.05) is 43.3 Å². The van der Waals surface area contributed by atoms with E-state index in [1.54, 1.807) is 92.9 Å². The van der Waals surface area contributed by atoms with E-state index in [1.165, 1.54) is 30.2 Å². The molecule has 248 valence electrons. The predicted octanol–water partition coefficient (Wildman–Crippen LogP) is 7.20. The molecule has 5 rings (SSSR count). The second kappa shape index (κ2) is 15.8. The molecule has 0 radical (unpaired) electrons. The summed E-state index contributed by atoms with van der Waals surface area (Å²) in [4.78, 5) is 54.5. The van der Waals surface area contributed by atoms with Gasteiger partial charge in [0.2, 0.25) is 5.91 Å². The Hall–Kier alpha value is -4.87. The molecule has 11 heteroatoms. The molecule has 4 aromatic rings. The lowest BCUT2D eigenvalue weighted by Gasteiger charge is -2.18. The third kappa shape index (κ3) is 8.53. The van der Waals surface area contributed by atoms with E-state index in [2.05, 4.69) is 22.9 Å². The van der Waals surface area contributed by atoms with Crippen LogP contribution in [-0.4, -0.2) is 43.2 Å². The molecule has 1 aromatic heterocycles. The van der Waals surface area contributed by atoms with Gasteiger partial charge in [0.15, 0.2) is 0 Å². The number of esters is 1. The number of methoxy groups -OCH3 is 2. The number of rotatable bonds is 11. The van der Waals surface area contributed by atoms with Crippen LogP contribution in [0, 0.1) is 5.92 Å². The second-order valence-electron chi connectivity index (χ2n) is 11.4. The van der Waals surface area contributed by atoms with Crippen molar-refractivity contribution in [3.63, 3.8) is 0 Å². The van der Waals surface area contributed by atoms with Crippen molar-refractivity contribution in [3.8, 4) is 5.75 Å². The SMILES string of the molecule is COC(=O)c1c(NC(=O)C(C)Sc2cccc(NC(=O)/C(=C/c3cccc(OC)c3)NC(=O)c3ccccc3)c2)sc2c1CCC(C)C2. The Labute approximate surface area is 288 Å². The van der Waals surface area contributed by atoms with Gasteiger partial charge in [0.05, 0.1) is 25.0 Å². The number of thioether (sulfide) groups is 1. The van der Waals surface area contributed by atoms with Gasteiger partial charge in [0.1, 0.15) is 16.4 Å².